The van der Waals surface area contributed by atoms with E-state index < -0.39 is 17.4 Å². The monoisotopic (exact) mass is 283 g/mol. The maximum absolute atomic E-state index is 13.3. The summed E-state index contributed by atoms with van der Waals surface area (Å²) >= 11 is 0. The molecule has 2 nitrogen and oxygen atoms in total. The van der Waals surface area contributed by atoms with Crippen LogP contribution in [0.25, 0.3) is 0 Å². The zero-order valence-corrected chi connectivity index (χ0v) is 12.0. The summed E-state index contributed by atoms with van der Waals surface area (Å²) in [6, 6.07) is 2.71. The van der Waals surface area contributed by atoms with Crippen molar-refractivity contribution in [2.24, 2.45) is 5.92 Å². The molecule has 1 saturated carbocycles. The molecule has 0 aromatic heterocycles. The Morgan fingerprint density at radius 3 is 2.25 bits per heavy atom. The van der Waals surface area contributed by atoms with Gasteiger partial charge >= 0.3 is 0 Å². The first kappa shape index (κ1) is 15.2. The minimum absolute atomic E-state index is 0.341. The third-order valence-corrected chi connectivity index (χ3v) is 4.31. The van der Waals surface area contributed by atoms with E-state index in [-0.39, 0.29) is 0 Å². The molecule has 1 aromatic carbocycles. The van der Waals surface area contributed by atoms with Crippen molar-refractivity contribution in [1.29, 1.82) is 0 Å². The van der Waals surface area contributed by atoms with Crippen molar-refractivity contribution in [3.63, 3.8) is 0 Å². The molecule has 0 radical (unpaired) electrons. The molecule has 4 heteroatoms. The SMILES string of the molecule is C[C@H](NCc1cc(F)c(O)c(F)c1)C1CCCCCC1. The van der Waals surface area contributed by atoms with Crippen LogP contribution >= 0.6 is 0 Å². The number of phenolic OH excluding ortho intramolecular Hbond substituents is 1. The van der Waals surface area contributed by atoms with Gasteiger partial charge in [0, 0.05) is 12.6 Å². The zero-order valence-electron chi connectivity index (χ0n) is 12.0. The van der Waals surface area contributed by atoms with Crippen LogP contribution in [-0.2, 0) is 6.54 Å². The second-order valence-electron chi connectivity index (χ2n) is 5.83. The van der Waals surface area contributed by atoms with Gasteiger partial charge in [0.25, 0.3) is 0 Å². The molecule has 0 bridgehead atoms. The van der Waals surface area contributed by atoms with Gasteiger partial charge in [-0.05, 0) is 43.4 Å². The van der Waals surface area contributed by atoms with Gasteiger partial charge in [0.15, 0.2) is 17.4 Å². The van der Waals surface area contributed by atoms with Crippen LogP contribution in [0.5, 0.6) is 5.75 Å². The Morgan fingerprint density at radius 2 is 1.70 bits per heavy atom. The summed E-state index contributed by atoms with van der Waals surface area (Å²) in [5.41, 5.74) is 0.526. The average molecular weight is 283 g/mol. The van der Waals surface area contributed by atoms with Gasteiger partial charge in [-0.3, -0.25) is 0 Å². The third-order valence-electron chi connectivity index (χ3n) is 4.31. The lowest BCUT2D eigenvalue weighted by Crippen LogP contribution is -2.33. The number of hydrogen-bond donors (Lipinski definition) is 2. The summed E-state index contributed by atoms with van der Waals surface area (Å²) in [6.45, 7) is 2.56. The Balaban J connectivity index is 1.90. The lowest BCUT2D eigenvalue weighted by atomic mass is 9.93. The highest BCUT2D eigenvalue weighted by Gasteiger charge is 2.19. The van der Waals surface area contributed by atoms with Crippen molar-refractivity contribution < 1.29 is 13.9 Å². The maximum Gasteiger partial charge on any atom is 0.187 e. The normalized spacial score (nSPS) is 18.8. The Morgan fingerprint density at radius 1 is 1.15 bits per heavy atom. The lowest BCUT2D eigenvalue weighted by molar-refractivity contribution is 0.336. The summed E-state index contributed by atoms with van der Waals surface area (Å²) in [7, 11) is 0. The smallest absolute Gasteiger partial charge is 0.187 e. The van der Waals surface area contributed by atoms with Gasteiger partial charge in [0.05, 0.1) is 0 Å². The predicted molar refractivity (Wildman–Crippen MR) is 75.5 cm³/mol. The molecule has 1 aliphatic carbocycles. The number of aromatic hydroxyl groups is 1. The van der Waals surface area contributed by atoms with Gasteiger partial charge in [-0.2, -0.15) is 0 Å². The van der Waals surface area contributed by atoms with E-state index in [0.717, 1.165) is 0 Å². The van der Waals surface area contributed by atoms with Gasteiger partial charge in [-0.25, -0.2) is 8.78 Å². The molecule has 1 aromatic rings. The summed E-state index contributed by atoms with van der Waals surface area (Å²) < 4.78 is 26.5. The highest BCUT2D eigenvalue weighted by atomic mass is 19.1. The van der Waals surface area contributed by atoms with E-state index >= 15 is 0 Å². The minimum Gasteiger partial charge on any atom is -0.503 e. The Kier molecular flexibility index (Phi) is 5.35. The standard InChI is InChI=1S/C16H23F2NO/c1-11(13-6-4-2-3-5-7-13)19-10-12-8-14(17)16(20)15(18)9-12/h8-9,11,13,19-20H,2-7,10H2,1H3/t11-/m0/s1. The average Bonchev–Trinajstić information content (AvgIpc) is 2.71. The molecule has 0 aliphatic heterocycles. The van der Waals surface area contributed by atoms with Crippen molar-refractivity contribution in [3.05, 3.63) is 29.3 Å². The first-order chi connectivity index (χ1) is 9.58. The molecule has 1 atom stereocenters. The fourth-order valence-corrected chi connectivity index (χ4v) is 2.98. The molecule has 0 spiro atoms. The fourth-order valence-electron chi connectivity index (χ4n) is 2.98. The Hall–Kier alpha value is -1.16. The molecule has 0 saturated heterocycles. The Labute approximate surface area is 119 Å². The number of halogens is 2. The second-order valence-corrected chi connectivity index (χ2v) is 5.83. The van der Waals surface area contributed by atoms with Gasteiger partial charge in [0.2, 0.25) is 0 Å². The lowest BCUT2D eigenvalue weighted by Gasteiger charge is -2.23. The summed E-state index contributed by atoms with van der Waals surface area (Å²) in [5.74, 6) is -2.05. The second kappa shape index (κ2) is 7.02. The van der Waals surface area contributed by atoms with E-state index in [1.165, 1.54) is 50.7 Å². The fraction of sp³-hybridized carbons (Fsp3) is 0.625. The molecule has 2 N–H and O–H groups in total. The quantitative estimate of drug-likeness (QED) is 0.815. The van der Waals surface area contributed by atoms with Crippen LogP contribution in [0.1, 0.15) is 51.0 Å². The Bertz CT molecular complexity index is 419. The molecular weight excluding hydrogens is 260 g/mol. The number of benzene rings is 1. The van der Waals surface area contributed by atoms with E-state index in [0.29, 0.717) is 24.1 Å². The highest BCUT2D eigenvalue weighted by molar-refractivity contribution is 5.29. The van der Waals surface area contributed by atoms with E-state index in [2.05, 4.69) is 12.2 Å². The number of rotatable bonds is 4. The van der Waals surface area contributed by atoms with Crippen LogP contribution in [0, 0.1) is 17.6 Å². The molecule has 20 heavy (non-hydrogen) atoms. The van der Waals surface area contributed by atoms with Crippen LogP contribution < -0.4 is 5.32 Å². The van der Waals surface area contributed by atoms with Gasteiger partial charge in [-0.15, -0.1) is 0 Å². The van der Waals surface area contributed by atoms with Crippen molar-refractivity contribution in [3.8, 4) is 5.75 Å². The predicted octanol–water partition coefficient (Wildman–Crippen LogP) is 4.12. The molecule has 1 fully saturated rings. The van der Waals surface area contributed by atoms with Gasteiger partial charge < -0.3 is 10.4 Å². The van der Waals surface area contributed by atoms with E-state index in [4.69, 9.17) is 5.11 Å². The molecule has 112 valence electrons. The van der Waals surface area contributed by atoms with Crippen molar-refractivity contribution in [2.75, 3.05) is 0 Å². The molecule has 1 aliphatic rings. The van der Waals surface area contributed by atoms with Crippen molar-refractivity contribution in [2.45, 2.75) is 58.0 Å². The van der Waals surface area contributed by atoms with Gasteiger partial charge in [0.1, 0.15) is 0 Å². The highest BCUT2D eigenvalue weighted by Crippen LogP contribution is 2.26. The van der Waals surface area contributed by atoms with Crippen LogP contribution in [0.4, 0.5) is 8.78 Å². The summed E-state index contributed by atoms with van der Waals surface area (Å²) in [5, 5.41) is 12.4. The number of phenols is 1. The molecule has 2 rings (SSSR count). The van der Waals surface area contributed by atoms with E-state index in [1.54, 1.807) is 0 Å². The van der Waals surface area contributed by atoms with E-state index in [9.17, 15) is 8.78 Å². The molecule has 0 amide bonds. The van der Waals surface area contributed by atoms with Crippen molar-refractivity contribution in [1.82, 2.24) is 5.32 Å². The van der Waals surface area contributed by atoms with Crippen LogP contribution in [0.3, 0.4) is 0 Å². The van der Waals surface area contributed by atoms with Gasteiger partial charge in [-0.1, -0.05) is 25.7 Å². The van der Waals surface area contributed by atoms with Crippen LogP contribution in [0.2, 0.25) is 0 Å². The van der Waals surface area contributed by atoms with E-state index in [1.807, 2.05) is 0 Å². The largest absolute Gasteiger partial charge is 0.503 e. The number of nitrogens with one attached hydrogen (secondary N) is 1. The van der Waals surface area contributed by atoms with Crippen molar-refractivity contribution >= 4 is 0 Å². The van der Waals surface area contributed by atoms with Crippen LogP contribution in [-0.4, -0.2) is 11.1 Å². The minimum atomic E-state index is -0.899. The first-order valence-corrected chi connectivity index (χ1v) is 7.48. The summed E-state index contributed by atoms with van der Waals surface area (Å²) in [6.07, 6.45) is 7.65. The molecular formula is C16H23F2NO. The topological polar surface area (TPSA) is 32.3 Å². The molecule has 0 unspecified atom stereocenters. The molecule has 0 heterocycles. The first-order valence-electron chi connectivity index (χ1n) is 7.48. The summed E-state index contributed by atoms with van der Waals surface area (Å²) in [4.78, 5) is 0. The maximum atomic E-state index is 13.3. The number of hydrogen-bond acceptors (Lipinski definition) is 2. The zero-order chi connectivity index (χ0) is 14.5. The third kappa shape index (κ3) is 3.92. The van der Waals surface area contributed by atoms with Crippen LogP contribution in [0.15, 0.2) is 12.1 Å².